The second-order valence-corrected chi connectivity index (χ2v) is 7.73. The van der Waals surface area contributed by atoms with Gasteiger partial charge in [0.2, 0.25) is 0 Å². The van der Waals surface area contributed by atoms with Crippen molar-refractivity contribution in [3.63, 3.8) is 0 Å². The van der Waals surface area contributed by atoms with E-state index in [0.717, 1.165) is 22.3 Å². The van der Waals surface area contributed by atoms with Gasteiger partial charge in [-0.1, -0.05) is 60.1 Å². The molecule has 28 heavy (non-hydrogen) atoms. The number of halogens is 1. The highest BCUT2D eigenvalue weighted by Crippen LogP contribution is 2.35. The van der Waals surface area contributed by atoms with Crippen molar-refractivity contribution in [1.29, 1.82) is 0 Å². The van der Waals surface area contributed by atoms with E-state index in [4.69, 9.17) is 16.3 Å². The first kappa shape index (κ1) is 18.5. The van der Waals surface area contributed by atoms with Gasteiger partial charge in [-0.05, 0) is 35.9 Å². The van der Waals surface area contributed by atoms with Gasteiger partial charge in [0.15, 0.2) is 0 Å². The lowest BCUT2D eigenvalue weighted by Gasteiger charge is -2.08. The van der Waals surface area contributed by atoms with Crippen molar-refractivity contribution in [2.24, 2.45) is 0 Å². The van der Waals surface area contributed by atoms with Crippen LogP contribution in [-0.2, 0) is 6.42 Å². The highest BCUT2D eigenvalue weighted by molar-refractivity contribution is 7.21. The molecule has 0 spiro atoms. The summed E-state index contributed by atoms with van der Waals surface area (Å²) in [7, 11) is 0. The van der Waals surface area contributed by atoms with E-state index in [1.165, 1.54) is 16.9 Å². The number of anilines is 1. The zero-order valence-corrected chi connectivity index (χ0v) is 16.6. The predicted molar refractivity (Wildman–Crippen MR) is 117 cm³/mol. The summed E-state index contributed by atoms with van der Waals surface area (Å²) >= 11 is 7.78. The first-order valence-electron chi connectivity index (χ1n) is 8.96. The summed E-state index contributed by atoms with van der Waals surface area (Å²) in [5.74, 6) is 0.567. The van der Waals surface area contributed by atoms with Gasteiger partial charge in [0.25, 0.3) is 5.91 Å². The van der Waals surface area contributed by atoms with Gasteiger partial charge in [-0.3, -0.25) is 4.79 Å². The minimum Gasteiger partial charge on any atom is -0.493 e. The number of benzene rings is 3. The topological polar surface area (TPSA) is 38.3 Å². The molecular formula is C23H18ClNO2S. The Morgan fingerprint density at radius 3 is 2.39 bits per heavy atom. The second-order valence-electron chi connectivity index (χ2n) is 6.30. The fourth-order valence-electron chi connectivity index (χ4n) is 2.91. The van der Waals surface area contributed by atoms with Crippen molar-refractivity contribution in [3.05, 3.63) is 94.3 Å². The van der Waals surface area contributed by atoms with E-state index < -0.39 is 0 Å². The van der Waals surface area contributed by atoms with Gasteiger partial charge in [-0.25, -0.2) is 0 Å². The molecule has 0 radical (unpaired) electrons. The van der Waals surface area contributed by atoms with Gasteiger partial charge < -0.3 is 10.1 Å². The fourth-order valence-corrected chi connectivity index (χ4v) is 4.33. The van der Waals surface area contributed by atoms with Gasteiger partial charge in [-0.2, -0.15) is 0 Å². The molecule has 0 aliphatic heterocycles. The number of ether oxygens (including phenoxy) is 1. The molecule has 0 atom stereocenters. The first-order valence-corrected chi connectivity index (χ1v) is 10.2. The Balaban J connectivity index is 1.37. The smallest absolute Gasteiger partial charge is 0.267 e. The summed E-state index contributed by atoms with van der Waals surface area (Å²) < 4.78 is 6.78. The lowest BCUT2D eigenvalue weighted by Crippen LogP contribution is -2.10. The van der Waals surface area contributed by atoms with E-state index in [2.05, 4.69) is 17.4 Å². The molecule has 0 unspecified atom stereocenters. The van der Waals surface area contributed by atoms with Crippen LogP contribution in [-0.4, -0.2) is 12.5 Å². The predicted octanol–water partition coefficient (Wildman–Crippen LogP) is 6.43. The zero-order chi connectivity index (χ0) is 19.3. The van der Waals surface area contributed by atoms with Crippen LogP contribution in [0.3, 0.4) is 0 Å². The molecule has 140 valence electrons. The number of amides is 1. The maximum absolute atomic E-state index is 12.6. The van der Waals surface area contributed by atoms with Gasteiger partial charge in [-0.15, -0.1) is 11.3 Å². The maximum Gasteiger partial charge on any atom is 0.267 e. The number of hydrogen-bond donors (Lipinski definition) is 1. The summed E-state index contributed by atoms with van der Waals surface area (Å²) in [5, 5.41) is 4.30. The summed E-state index contributed by atoms with van der Waals surface area (Å²) in [6.07, 6.45) is 0.851. The Morgan fingerprint density at radius 2 is 1.64 bits per heavy atom. The van der Waals surface area contributed by atoms with Gasteiger partial charge in [0, 0.05) is 22.2 Å². The van der Waals surface area contributed by atoms with E-state index in [-0.39, 0.29) is 5.91 Å². The molecule has 0 fully saturated rings. The molecule has 0 aliphatic rings. The molecule has 4 rings (SSSR count). The minimum absolute atomic E-state index is 0.205. The number of fused-ring (bicyclic) bond motifs is 1. The van der Waals surface area contributed by atoms with Crippen LogP contribution in [0, 0.1) is 0 Å². The largest absolute Gasteiger partial charge is 0.493 e. The third-order valence-electron chi connectivity index (χ3n) is 4.36. The zero-order valence-electron chi connectivity index (χ0n) is 15.0. The molecule has 1 aromatic heterocycles. The van der Waals surface area contributed by atoms with Crippen molar-refractivity contribution >= 4 is 44.6 Å². The highest BCUT2D eigenvalue weighted by Gasteiger charge is 2.17. The molecule has 5 heteroatoms. The van der Waals surface area contributed by atoms with Gasteiger partial charge >= 0.3 is 0 Å². The Bertz CT molecular complexity index is 1090. The lowest BCUT2D eigenvalue weighted by molar-refractivity contribution is 0.103. The average Bonchev–Trinajstić information content (AvgIpc) is 3.07. The summed E-state index contributed by atoms with van der Waals surface area (Å²) in [6, 6.07) is 25.3. The quantitative estimate of drug-likeness (QED) is 0.400. The maximum atomic E-state index is 12.6. The van der Waals surface area contributed by atoms with Crippen LogP contribution in [0.15, 0.2) is 78.9 Å². The summed E-state index contributed by atoms with van der Waals surface area (Å²) in [4.78, 5) is 13.1. The monoisotopic (exact) mass is 407 g/mol. The highest BCUT2D eigenvalue weighted by atomic mass is 35.5. The van der Waals surface area contributed by atoms with E-state index in [1.807, 2.05) is 66.7 Å². The summed E-state index contributed by atoms with van der Waals surface area (Å²) in [5.41, 5.74) is 1.94. The molecule has 1 amide bonds. The Hall–Kier alpha value is -2.82. The Labute approximate surface area is 172 Å². The van der Waals surface area contributed by atoms with Crippen molar-refractivity contribution in [2.75, 3.05) is 11.9 Å². The molecule has 3 aromatic carbocycles. The van der Waals surface area contributed by atoms with E-state index in [1.54, 1.807) is 0 Å². The third-order valence-corrected chi connectivity index (χ3v) is 6.03. The third kappa shape index (κ3) is 4.19. The Morgan fingerprint density at radius 1 is 0.929 bits per heavy atom. The number of carbonyl (C=O) groups excluding carboxylic acids is 1. The van der Waals surface area contributed by atoms with E-state index in [9.17, 15) is 4.79 Å². The molecule has 1 heterocycles. The van der Waals surface area contributed by atoms with Gasteiger partial charge in [0.1, 0.15) is 10.6 Å². The van der Waals surface area contributed by atoms with Crippen molar-refractivity contribution in [2.45, 2.75) is 6.42 Å². The van der Waals surface area contributed by atoms with Crippen molar-refractivity contribution in [1.82, 2.24) is 0 Å². The molecule has 1 N–H and O–H groups in total. The molecule has 0 bridgehead atoms. The van der Waals surface area contributed by atoms with Crippen LogP contribution in [0.25, 0.3) is 10.1 Å². The van der Waals surface area contributed by atoms with Crippen LogP contribution < -0.4 is 10.1 Å². The standard InChI is InChI=1S/C23H18ClNO2S/c24-21-19-8-4-5-9-20(19)28-22(21)23(26)25-17-10-12-18(13-11-17)27-15-14-16-6-2-1-3-7-16/h1-13H,14-15H2,(H,25,26). The molecule has 0 saturated heterocycles. The van der Waals surface area contributed by atoms with Crippen LogP contribution in [0.2, 0.25) is 5.02 Å². The lowest BCUT2D eigenvalue weighted by atomic mass is 10.2. The van der Waals surface area contributed by atoms with E-state index >= 15 is 0 Å². The van der Waals surface area contributed by atoms with Gasteiger partial charge in [0.05, 0.1) is 11.6 Å². The molecular weight excluding hydrogens is 390 g/mol. The second kappa shape index (κ2) is 8.46. The first-order chi connectivity index (χ1) is 13.7. The normalized spacial score (nSPS) is 10.8. The number of hydrogen-bond acceptors (Lipinski definition) is 3. The number of nitrogens with one attached hydrogen (secondary N) is 1. The summed E-state index contributed by atoms with van der Waals surface area (Å²) in [6.45, 7) is 0.604. The molecule has 4 aromatic rings. The van der Waals surface area contributed by atoms with Crippen LogP contribution in [0.1, 0.15) is 15.2 Å². The number of thiophene rings is 1. The molecule has 3 nitrogen and oxygen atoms in total. The average molecular weight is 408 g/mol. The number of carbonyl (C=O) groups is 1. The Kier molecular flexibility index (Phi) is 5.60. The van der Waals surface area contributed by atoms with Crippen LogP contribution >= 0.6 is 22.9 Å². The van der Waals surface area contributed by atoms with Crippen molar-refractivity contribution in [3.8, 4) is 5.75 Å². The van der Waals surface area contributed by atoms with Crippen LogP contribution in [0.4, 0.5) is 5.69 Å². The molecule has 0 aliphatic carbocycles. The minimum atomic E-state index is -0.205. The molecule has 0 saturated carbocycles. The van der Waals surface area contributed by atoms with Crippen molar-refractivity contribution < 1.29 is 9.53 Å². The fraction of sp³-hybridized carbons (Fsp3) is 0.0870. The van der Waals surface area contributed by atoms with Crippen LogP contribution in [0.5, 0.6) is 5.75 Å². The number of rotatable bonds is 6. The SMILES string of the molecule is O=C(Nc1ccc(OCCc2ccccc2)cc1)c1sc2ccccc2c1Cl. The van der Waals surface area contributed by atoms with E-state index in [0.29, 0.717) is 22.2 Å².